The number of benzene rings is 8. The molecule has 0 aliphatic rings. The van der Waals surface area contributed by atoms with Gasteiger partial charge in [-0.25, -0.2) is 8.78 Å². The predicted octanol–water partition coefficient (Wildman–Crippen LogP) is 15.6. The lowest BCUT2D eigenvalue weighted by Gasteiger charge is -2.23. The van der Waals surface area contributed by atoms with E-state index in [0.29, 0.717) is 11.0 Å². The van der Waals surface area contributed by atoms with Crippen molar-refractivity contribution in [3.05, 3.63) is 169 Å². The third-order valence-electron chi connectivity index (χ3n) is 11.4. The highest BCUT2D eigenvalue weighted by Gasteiger charge is 2.35. The molecule has 8 aromatic carbocycles. The van der Waals surface area contributed by atoms with E-state index in [2.05, 4.69) is 12.1 Å². The summed E-state index contributed by atoms with van der Waals surface area (Å²) in [5, 5.41) is 7.41. The van der Waals surface area contributed by atoms with Crippen LogP contribution in [0, 0.1) is 11.6 Å². The van der Waals surface area contributed by atoms with Gasteiger partial charge in [0.25, 0.3) is 0 Å². The molecule has 0 N–H and O–H groups in total. The predicted molar refractivity (Wildman–Crippen MR) is 231 cm³/mol. The SMILES string of the molecule is Fc1cc(F)cc(-c2c(-n3c4ccccc4c4ccc5c6ccccc6sc5c43)cc(C(F)(F)F)cc2-n2c3ccccc3c3ccc4c5ccccc5sc4c32)c1. The number of alkyl halides is 3. The van der Waals surface area contributed by atoms with Crippen LogP contribution in [0.15, 0.2) is 152 Å². The van der Waals surface area contributed by atoms with Gasteiger partial charge in [0.15, 0.2) is 0 Å². The maximum Gasteiger partial charge on any atom is 0.416 e. The van der Waals surface area contributed by atoms with Crippen molar-refractivity contribution in [2.75, 3.05) is 0 Å². The molecule has 0 fully saturated rings. The number of fused-ring (bicyclic) bond motifs is 14. The summed E-state index contributed by atoms with van der Waals surface area (Å²) in [6, 6.07) is 45.0. The highest BCUT2D eigenvalue weighted by atomic mass is 32.1. The molecule has 278 valence electrons. The molecule has 4 heterocycles. The van der Waals surface area contributed by atoms with E-state index >= 15 is 22.0 Å². The van der Waals surface area contributed by atoms with E-state index in [1.165, 1.54) is 12.1 Å². The van der Waals surface area contributed by atoms with Crippen LogP contribution in [0.25, 0.3) is 106 Å². The van der Waals surface area contributed by atoms with Crippen LogP contribution in [0.1, 0.15) is 5.56 Å². The van der Waals surface area contributed by atoms with Gasteiger partial charge in [0.2, 0.25) is 0 Å². The molecular formula is C49H25F5N2S2. The lowest BCUT2D eigenvalue weighted by molar-refractivity contribution is -0.137. The Morgan fingerprint density at radius 1 is 0.414 bits per heavy atom. The maximum absolute atomic E-state index is 15.6. The van der Waals surface area contributed by atoms with Crippen molar-refractivity contribution in [1.82, 2.24) is 9.13 Å². The first kappa shape index (κ1) is 33.6. The molecule has 58 heavy (non-hydrogen) atoms. The number of rotatable bonds is 3. The minimum atomic E-state index is -4.79. The van der Waals surface area contributed by atoms with E-state index in [1.54, 1.807) is 22.7 Å². The van der Waals surface area contributed by atoms with Gasteiger partial charge in [0, 0.05) is 64.1 Å². The van der Waals surface area contributed by atoms with Gasteiger partial charge in [0.05, 0.1) is 48.4 Å². The van der Waals surface area contributed by atoms with Crippen molar-refractivity contribution in [1.29, 1.82) is 0 Å². The fourth-order valence-corrected chi connectivity index (χ4v) is 11.6. The molecule has 0 bridgehead atoms. The first-order chi connectivity index (χ1) is 28.2. The molecule has 0 saturated carbocycles. The Kier molecular flexibility index (Phi) is 6.94. The molecular weight excluding hydrogens is 776 g/mol. The van der Waals surface area contributed by atoms with Crippen molar-refractivity contribution in [2.45, 2.75) is 6.18 Å². The fraction of sp³-hybridized carbons (Fsp3) is 0.0204. The molecule has 2 nitrogen and oxygen atoms in total. The monoisotopic (exact) mass is 800 g/mol. The lowest BCUT2D eigenvalue weighted by atomic mass is 9.97. The summed E-state index contributed by atoms with van der Waals surface area (Å²) in [6.07, 6.45) is -4.79. The Morgan fingerprint density at radius 2 is 0.828 bits per heavy atom. The van der Waals surface area contributed by atoms with E-state index in [0.717, 1.165) is 91.1 Å². The van der Waals surface area contributed by atoms with Crippen LogP contribution in [-0.2, 0) is 6.18 Å². The molecule has 9 heteroatoms. The zero-order chi connectivity index (χ0) is 39.0. The Balaban J connectivity index is 1.34. The smallest absolute Gasteiger partial charge is 0.307 e. The van der Waals surface area contributed by atoms with E-state index in [9.17, 15) is 0 Å². The summed E-state index contributed by atoms with van der Waals surface area (Å²) in [5.74, 6) is -1.68. The van der Waals surface area contributed by atoms with Crippen LogP contribution in [0.5, 0.6) is 0 Å². The molecule has 0 spiro atoms. The molecule has 4 aromatic heterocycles. The van der Waals surface area contributed by atoms with Gasteiger partial charge in [-0.3, -0.25) is 0 Å². The van der Waals surface area contributed by atoms with Crippen LogP contribution >= 0.6 is 22.7 Å². The summed E-state index contributed by atoms with van der Waals surface area (Å²) in [4.78, 5) is 0. The molecule has 0 aliphatic heterocycles. The maximum atomic E-state index is 15.6. The second kappa shape index (κ2) is 12.0. The summed E-state index contributed by atoms with van der Waals surface area (Å²) in [6.45, 7) is 0. The first-order valence-corrected chi connectivity index (χ1v) is 20.3. The normalized spacial score (nSPS) is 12.6. The standard InChI is InChI=1S/C49H25F5N2S2/c50-28-21-26(22-29(51)25-28)44-40(55-38-13-5-1-9-30(38)34-17-19-36-32-11-3-7-15-42(32)57-47(36)45(34)55)23-27(49(52,53)54)24-41(44)56-39-14-6-2-10-31(39)35-18-20-37-33-12-4-8-16-43(33)58-48(37)46(35)56/h1-25H. The average molecular weight is 801 g/mol. The van der Waals surface area contributed by atoms with Crippen LogP contribution in [-0.4, -0.2) is 9.13 Å². The van der Waals surface area contributed by atoms with Crippen molar-refractivity contribution in [3.8, 4) is 22.5 Å². The second-order valence-electron chi connectivity index (χ2n) is 14.6. The Labute approximate surface area is 333 Å². The Morgan fingerprint density at radius 3 is 1.29 bits per heavy atom. The van der Waals surface area contributed by atoms with E-state index in [-0.39, 0.29) is 22.5 Å². The van der Waals surface area contributed by atoms with E-state index in [1.807, 2.05) is 118 Å². The molecule has 0 aliphatic carbocycles. The lowest BCUT2D eigenvalue weighted by Crippen LogP contribution is -2.11. The Hall–Kier alpha value is -6.55. The zero-order valence-corrected chi connectivity index (χ0v) is 31.7. The zero-order valence-electron chi connectivity index (χ0n) is 30.0. The van der Waals surface area contributed by atoms with Crippen LogP contribution < -0.4 is 0 Å². The number of nitrogens with zero attached hydrogens (tertiary/aromatic N) is 2. The van der Waals surface area contributed by atoms with Crippen LogP contribution in [0.4, 0.5) is 22.0 Å². The highest BCUT2D eigenvalue weighted by Crippen LogP contribution is 2.49. The molecule has 0 unspecified atom stereocenters. The summed E-state index contributed by atoms with van der Waals surface area (Å²) in [5.41, 5.74) is 2.56. The number of aromatic nitrogens is 2. The third kappa shape index (κ3) is 4.68. The topological polar surface area (TPSA) is 9.86 Å². The minimum Gasteiger partial charge on any atom is -0.307 e. The fourth-order valence-electron chi connectivity index (χ4n) is 9.08. The number of thiophene rings is 2. The van der Waals surface area contributed by atoms with Crippen molar-refractivity contribution < 1.29 is 22.0 Å². The number of para-hydroxylation sites is 2. The largest absolute Gasteiger partial charge is 0.416 e. The van der Waals surface area contributed by atoms with Gasteiger partial charge in [0.1, 0.15) is 11.6 Å². The Bertz CT molecular complexity index is 3480. The van der Waals surface area contributed by atoms with Crippen LogP contribution in [0.3, 0.4) is 0 Å². The molecule has 0 amide bonds. The summed E-state index contributed by atoms with van der Waals surface area (Å²) < 4.78 is 85.6. The third-order valence-corrected chi connectivity index (χ3v) is 13.8. The summed E-state index contributed by atoms with van der Waals surface area (Å²) in [7, 11) is 0. The highest BCUT2D eigenvalue weighted by molar-refractivity contribution is 7.27. The molecule has 12 rings (SSSR count). The second-order valence-corrected chi connectivity index (χ2v) is 16.7. The number of hydrogen-bond donors (Lipinski definition) is 0. The average Bonchev–Trinajstić information content (AvgIpc) is 3.97. The van der Waals surface area contributed by atoms with Gasteiger partial charge >= 0.3 is 6.18 Å². The van der Waals surface area contributed by atoms with Gasteiger partial charge < -0.3 is 9.13 Å². The van der Waals surface area contributed by atoms with Gasteiger partial charge in [-0.15, -0.1) is 22.7 Å². The molecule has 0 atom stereocenters. The quantitative estimate of drug-likeness (QED) is 0.158. The van der Waals surface area contributed by atoms with Crippen LogP contribution in [0.2, 0.25) is 0 Å². The number of halogens is 5. The van der Waals surface area contributed by atoms with E-state index in [4.69, 9.17) is 0 Å². The van der Waals surface area contributed by atoms with E-state index < -0.39 is 23.4 Å². The summed E-state index contributed by atoms with van der Waals surface area (Å²) >= 11 is 3.15. The first-order valence-electron chi connectivity index (χ1n) is 18.6. The van der Waals surface area contributed by atoms with Gasteiger partial charge in [-0.2, -0.15) is 13.2 Å². The molecule has 0 radical (unpaired) electrons. The van der Waals surface area contributed by atoms with Crippen molar-refractivity contribution in [3.63, 3.8) is 0 Å². The number of hydrogen-bond acceptors (Lipinski definition) is 2. The van der Waals surface area contributed by atoms with Gasteiger partial charge in [-0.05, 0) is 54.1 Å². The minimum absolute atomic E-state index is 0.111. The van der Waals surface area contributed by atoms with Gasteiger partial charge in [-0.1, -0.05) is 97.1 Å². The van der Waals surface area contributed by atoms with Crippen molar-refractivity contribution >= 4 is 107 Å². The van der Waals surface area contributed by atoms with Crippen molar-refractivity contribution in [2.24, 2.45) is 0 Å². The molecule has 0 saturated heterocycles. The molecule has 12 aromatic rings.